The molecule has 1 heterocycles. The zero-order chi connectivity index (χ0) is 17.5. The molecule has 24 heavy (non-hydrogen) atoms. The summed E-state index contributed by atoms with van der Waals surface area (Å²) in [5, 5.41) is 2.96. The van der Waals surface area contributed by atoms with Gasteiger partial charge in [-0.3, -0.25) is 9.78 Å². The molecule has 2 rings (SSSR count). The number of benzene rings is 1. The number of carbonyl (C=O) groups excluding carboxylic acids is 1. The topological polar surface area (TPSA) is 60.5 Å². The molecule has 1 unspecified atom stereocenters. The fraction of sp³-hybridized carbons (Fsp3) is 0.333. The highest BCUT2D eigenvalue weighted by Crippen LogP contribution is 2.36. The van der Waals surface area contributed by atoms with Crippen LogP contribution in [0.25, 0.3) is 0 Å². The predicted molar refractivity (Wildman–Crippen MR) is 96.6 cm³/mol. The number of hydrogen-bond donors (Lipinski definition) is 1. The summed E-state index contributed by atoms with van der Waals surface area (Å²) in [6.45, 7) is 4.53. The summed E-state index contributed by atoms with van der Waals surface area (Å²) in [5.74, 6) is 0.945. The summed E-state index contributed by atoms with van der Waals surface area (Å²) >= 11 is 3.45. The SMILES string of the molecule is CCCOc1c(Br)cc(C(=O)NC(C)c2cccnc2)cc1OC. The van der Waals surface area contributed by atoms with E-state index in [9.17, 15) is 4.79 Å². The lowest BCUT2D eigenvalue weighted by Gasteiger charge is -2.16. The van der Waals surface area contributed by atoms with Crippen molar-refractivity contribution in [2.75, 3.05) is 13.7 Å². The van der Waals surface area contributed by atoms with Crippen molar-refractivity contribution in [1.29, 1.82) is 0 Å². The molecule has 0 radical (unpaired) electrons. The van der Waals surface area contributed by atoms with Gasteiger partial charge < -0.3 is 14.8 Å². The maximum Gasteiger partial charge on any atom is 0.251 e. The lowest BCUT2D eigenvalue weighted by Crippen LogP contribution is -2.26. The van der Waals surface area contributed by atoms with Crippen molar-refractivity contribution in [3.63, 3.8) is 0 Å². The van der Waals surface area contributed by atoms with Crippen LogP contribution in [0.2, 0.25) is 0 Å². The Morgan fingerprint density at radius 1 is 1.42 bits per heavy atom. The van der Waals surface area contributed by atoms with Crippen molar-refractivity contribution in [2.45, 2.75) is 26.3 Å². The van der Waals surface area contributed by atoms with Crippen molar-refractivity contribution in [2.24, 2.45) is 0 Å². The number of methoxy groups -OCH3 is 1. The predicted octanol–water partition coefficient (Wildman–Crippen LogP) is 4.13. The van der Waals surface area contributed by atoms with E-state index in [1.165, 1.54) is 0 Å². The number of amides is 1. The van der Waals surface area contributed by atoms with Gasteiger partial charge in [0, 0.05) is 18.0 Å². The molecule has 0 saturated carbocycles. The average Bonchev–Trinajstić information content (AvgIpc) is 2.60. The molecular formula is C18H21BrN2O3. The number of halogens is 1. The fourth-order valence-electron chi connectivity index (χ4n) is 2.19. The Balaban J connectivity index is 2.19. The molecule has 0 aliphatic heterocycles. The Bertz CT molecular complexity index is 692. The van der Waals surface area contributed by atoms with Crippen LogP contribution in [0.15, 0.2) is 41.1 Å². The Labute approximate surface area is 150 Å². The maximum atomic E-state index is 12.5. The van der Waals surface area contributed by atoms with Gasteiger partial charge in [-0.25, -0.2) is 0 Å². The number of carbonyl (C=O) groups is 1. The molecule has 6 heteroatoms. The third kappa shape index (κ3) is 4.47. The Morgan fingerprint density at radius 2 is 2.21 bits per heavy atom. The highest BCUT2D eigenvalue weighted by Gasteiger charge is 2.17. The minimum atomic E-state index is -0.188. The number of aromatic nitrogens is 1. The first-order valence-electron chi connectivity index (χ1n) is 7.78. The second kappa shape index (κ2) is 8.68. The maximum absolute atomic E-state index is 12.5. The van der Waals surface area contributed by atoms with Crippen LogP contribution >= 0.6 is 15.9 Å². The van der Waals surface area contributed by atoms with Gasteiger partial charge in [-0.05, 0) is 53.0 Å². The molecule has 2 aromatic rings. The molecule has 0 spiro atoms. The zero-order valence-electron chi connectivity index (χ0n) is 14.0. The van der Waals surface area contributed by atoms with E-state index in [1.54, 1.807) is 31.6 Å². The van der Waals surface area contributed by atoms with Crippen molar-refractivity contribution in [3.05, 3.63) is 52.3 Å². The molecular weight excluding hydrogens is 372 g/mol. The van der Waals surface area contributed by atoms with Gasteiger partial charge in [0.2, 0.25) is 0 Å². The quantitative estimate of drug-likeness (QED) is 0.769. The molecule has 0 aliphatic carbocycles. The number of pyridine rings is 1. The van der Waals surface area contributed by atoms with E-state index in [0.29, 0.717) is 28.1 Å². The van der Waals surface area contributed by atoms with Crippen molar-refractivity contribution >= 4 is 21.8 Å². The first-order valence-corrected chi connectivity index (χ1v) is 8.57. The first kappa shape index (κ1) is 18.3. The highest BCUT2D eigenvalue weighted by atomic mass is 79.9. The highest BCUT2D eigenvalue weighted by molar-refractivity contribution is 9.10. The van der Waals surface area contributed by atoms with E-state index in [0.717, 1.165) is 12.0 Å². The van der Waals surface area contributed by atoms with Gasteiger partial charge in [-0.2, -0.15) is 0 Å². The van der Waals surface area contributed by atoms with E-state index in [4.69, 9.17) is 9.47 Å². The molecule has 1 atom stereocenters. The molecule has 0 bridgehead atoms. The summed E-state index contributed by atoms with van der Waals surface area (Å²) in [5.41, 5.74) is 1.44. The monoisotopic (exact) mass is 392 g/mol. The minimum absolute atomic E-state index is 0.146. The van der Waals surface area contributed by atoms with Crippen LogP contribution in [0, 0.1) is 0 Å². The molecule has 0 aliphatic rings. The molecule has 5 nitrogen and oxygen atoms in total. The van der Waals surface area contributed by atoms with Crippen LogP contribution in [0.5, 0.6) is 11.5 Å². The Hall–Kier alpha value is -2.08. The standard InChI is InChI=1S/C18H21BrN2O3/c1-4-8-24-17-15(19)9-14(10-16(17)23-3)18(22)21-12(2)13-6-5-7-20-11-13/h5-7,9-12H,4,8H2,1-3H3,(H,21,22). The second-order valence-corrected chi connectivity index (χ2v) is 6.17. The summed E-state index contributed by atoms with van der Waals surface area (Å²) in [7, 11) is 1.56. The number of hydrogen-bond acceptors (Lipinski definition) is 4. The van der Waals surface area contributed by atoms with Crippen LogP contribution < -0.4 is 14.8 Å². The normalized spacial score (nSPS) is 11.7. The number of ether oxygens (including phenoxy) is 2. The number of nitrogens with zero attached hydrogens (tertiary/aromatic N) is 1. The van der Waals surface area contributed by atoms with E-state index in [1.807, 2.05) is 26.0 Å². The molecule has 0 saturated heterocycles. The lowest BCUT2D eigenvalue weighted by molar-refractivity contribution is 0.0939. The van der Waals surface area contributed by atoms with Gasteiger partial charge in [0.05, 0.1) is 24.2 Å². The molecule has 1 N–H and O–H groups in total. The smallest absolute Gasteiger partial charge is 0.251 e. The van der Waals surface area contributed by atoms with E-state index in [-0.39, 0.29) is 11.9 Å². The second-order valence-electron chi connectivity index (χ2n) is 5.32. The third-order valence-corrected chi connectivity index (χ3v) is 4.06. The van der Waals surface area contributed by atoms with Gasteiger partial charge in [-0.1, -0.05) is 13.0 Å². The Morgan fingerprint density at radius 3 is 2.83 bits per heavy atom. The van der Waals surface area contributed by atoms with Crippen LogP contribution in [0.3, 0.4) is 0 Å². The van der Waals surface area contributed by atoms with E-state index in [2.05, 4.69) is 26.2 Å². The minimum Gasteiger partial charge on any atom is -0.493 e. The Kier molecular flexibility index (Phi) is 6.61. The summed E-state index contributed by atoms with van der Waals surface area (Å²) in [4.78, 5) is 16.6. The van der Waals surface area contributed by atoms with Gasteiger partial charge >= 0.3 is 0 Å². The summed E-state index contributed by atoms with van der Waals surface area (Å²) in [6.07, 6.45) is 4.33. The molecule has 0 fully saturated rings. The summed E-state index contributed by atoms with van der Waals surface area (Å²) < 4.78 is 11.7. The molecule has 1 amide bonds. The van der Waals surface area contributed by atoms with Crippen LogP contribution in [0.1, 0.15) is 42.2 Å². The van der Waals surface area contributed by atoms with Crippen LogP contribution in [0.4, 0.5) is 0 Å². The lowest BCUT2D eigenvalue weighted by atomic mass is 10.1. The van der Waals surface area contributed by atoms with Crippen molar-refractivity contribution in [3.8, 4) is 11.5 Å². The largest absolute Gasteiger partial charge is 0.493 e. The fourth-order valence-corrected chi connectivity index (χ4v) is 2.75. The van der Waals surface area contributed by atoms with Gasteiger partial charge in [0.1, 0.15) is 0 Å². The van der Waals surface area contributed by atoms with E-state index >= 15 is 0 Å². The van der Waals surface area contributed by atoms with E-state index < -0.39 is 0 Å². The van der Waals surface area contributed by atoms with Crippen molar-refractivity contribution in [1.82, 2.24) is 10.3 Å². The van der Waals surface area contributed by atoms with Crippen LogP contribution in [-0.4, -0.2) is 24.6 Å². The average molecular weight is 393 g/mol. The molecule has 128 valence electrons. The molecule has 1 aromatic heterocycles. The van der Waals surface area contributed by atoms with Gasteiger partial charge in [0.25, 0.3) is 5.91 Å². The number of nitrogens with one attached hydrogen (secondary N) is 1. The van der Waals surface area contributed by atoms with Crippen LogP contribution in [-0.2, 0) is 0 Å². The summed E-state index contributed by atoms with van der Waals surface area (Å²) in [6, 6.07) is 7.04. The third-order valence-electron chi connectivity index (χ3n) is 3.47. The molecule has 1 aromatic carbocycles. The number of rotatable bonds is 7. The zero-order valence-corrected chi connectivity index (χ0v) is 15.6. The van der Waals surface area contributed by atoms with Gasteiger partial charge in [0.15, 0.2) is 11.5 Å². The van der Waals surface area contributed by atoms with Crippen molar-refractivity contribution < 1.29 is 14.3 Å². The first-order chi connectivity index (χ1) is 11.6. The van der Waals surface area contributed by atoms with Gasteiger partial charge in [-0.15, -0.1) is 0 Å².